The minimum absolute atomic E-state index is 0.130. The van der Waals surface area contributed by atoms with Crippen molar-refractivity contribution in [3.63, 3.8) is 0 Å². The minimum atomic E-state index is -0.894. The number of hydrogen-bond acceptors (Lipinski definition) is 6. The summed E-state index contributed by atoms with van der Waals surface area (Å²) < 4.78 is 17.9. The molecule has 2 atom stereocenters. The maximum atomic E-state index is 11.6. The fourth-order valence-corrected chi connectivity index (χ4v) is 5.34. The van der Waals surface area contributed by atoms with Crippen molar-refractivity contribution in [2.45, 2.75) is 43.0 Å². The normalized spacial score (nSPS) is 17.8. The molecule has 2 heterocycles. The van der Waals surface area contributed by atoms with Crippen molar-refractivity contribution >= 4 is 29.2 Å². The van der Waals surface area contributed by atoms with Crippen LogP contribution in [0.2, 0.25) is 0 Å². The lowest BCUT2D eigenvalue weighted by Crippen LogP contribution is -2.46. The van der Waals surface area contributed by atoms with Crippen LogP contribution in [0.15, 0.2) is 70.9 Å². The van der Waals surface area contributed by atoms with E-state index < -0.39 is 6.09 Å². The lowest BCUT2D eigenvalue weighted by molar-refractivity contribution is -0.0199. The van der Waals surface area contributed by atoms with Crippen molar-refractivity contribution in [1.29, 1.82) is 0 Å². The second-order valence-corrected chi connectivity index (χ2v) is 10.6. The Labute approximate surface area is 221 Å². The first-order chi connectivity index (χ1) is 17.6. The smallest absolute Gasteiger partial charge is 0.407 e. The standard InChI is InChI=1S/C28H33NO5S2/c1-35-24-11-5-21(6-12-24)19-34-27-18-29(28(30)31)14-13-26(27)22-7-9-23(10-8-22)33-16-3-15-32-20-25-4-2-17-36-25/h2,4-12,17,26-27H,3,13-16,18-20H2,1H3,(H,30,31). The van der Waals surface area contributed by atoms with E-state index >= 15 is 0 Å². The summed E-state index contributed by atoms with van der Waals surface area (Å²) in [4.78, 5) is 15.5. The van der Waals surface area contributed by atoms with E-state index in [1.54, 1.807) is 23.1 Å². The number of thiophene rings is 1. The van der Waals surface area contributed by atoms with E-state index in [2.05, 4.69) is 54.1 Å². The molecule has 2 aromatic carbocycles. The fraction of sp³-hybridized carbons (Fsp3) is 0.393. The van der Waals surface area contributed by atoms with E-state index in [4.69, 9.17) is 14.2 Å². The Bertz CT molecular complexity index is 1060. The molecule has 1 N–H and O–H groups in total. The van der Waals surface area contributed by atoms with E-state index in [0.29, 0.717) is 39.5 Å². The van der Waals surface area contributed by atoms with E-state index in [0.717, 1.165) is 29.7 Å². The Balaban J connectivity index is 1.28. The van der Waals surface area contributed by atoms with Crippen LogP contribution in [0, 0.1) is 0 Å². The van der Waals surface area contributed by atoms with Crippen molar-refractivity contribution in [2.24, 2.45) is 0 Å². The highest BCUT2D eigenvalue weighted by Gasteiger charge is 2.33. The number of nitrogens with zero attached hydrogens (tertiary/aromatic N) is 1. The van der Waals surface area contributed by atoms with Gasteiger partial charge in [-0.2, -0.15) is 0 Å². The first kappa shape index (κ1) is 26.5. The molecule has 1 aliphatic heterocycles. The molecular formula is C28H33NO5S2. The number of hydrogen-bond donors (Lipinski definition) is 1. The SMILES string of the molecule is CSc1ccc(COC2CN(C(=O)O)CCC2c2ccc(OCCCOCc3cccs3)cc2)cc1. The molecule has 3 aromatic rings. The Morgan fingerprint density at radius 2 is 1.89 bits per heavy atom. The number of rotatable bonds is 12. The molecular weight excluding hydrogens is 494 g/mol. The van der Waals surface area contributed by atoms with E-state index in [-0.39, 0.29) is 12.0 Å². The highest BCUT2D eigenvalue weighted by molar-refractivity contribution is 7.98. The lowest BCUT2D eigenvalue weighted by atomic mass is 9.87. The van der Waals surface area contributed by atoms with Gasteiger partial charge in [-0.25, -0.2) is 4.79 Å². The Morgan fingerprint density at radius 3 is 2.58 bits per heavy atom. The molecule has 1 amide bonds. The van der Waals surface area contributed by atoms with Gasteiger partial charge in [-0.15, -0.1) is 23.1 Å². The lowest BCUT2D eigenvalue weighted by Gasteiger charge is -2.37. The van der Waals surface area contributed by atoms with Gasteiger partial charge >= 0.3 is 6.09 Å². The summed E-state index contributed by atoms with van der Waals surface area (Å²) >= 11 is 3.41. The molecule has 8 heteroatoms. The number of benzene rings is 2. The first-order valence-corrected chi connectivity index (χ1v) is 14.3. The summed E-state index contributed by atoms with van der Waals surface area (Å²) in [6, 6.07) is 20.5. The number of likely N-dealkylation sites (tertiary alicyclic amines) is 1. The van der Waals surface area contributed by atoms with E-state index in [9.17, 15) is 9.90 Å². The predicted molar refractivity (Wildman–Crippen MR) is 144 cm³/mol. The van der Waals surface area contributed by atoms with Gasteiger partial charge in [0.1, 0.15) is 5.75 Å². The number of thioether (sulfide) groups is 1. The van der Waals surface area contributed by atoms with Crippen LogP contribution in [0.1, 0.15) is 34.8 Å². The van der Waals surface area contributed by atoms with Crippen molar-refractivity contribution in [2.75, 3.05) is 32.6 Å². The summed E-state index contributed by atoms with van der Waals surface area (Å²) in [6.07, 6.45) is 2.51. The molecule has 1 aliphatic rings. The van der Waals surface area contributed by atoms with Crippen molar-refractivity contribution in [3.05, 3.63) is 82.0 Å². The fourth-order valence-electron chi connectivity index (χ4n) is 4.30. The van der Waals surface area contributed by atoms with Crippen molar-refractivity contribution in [3.8, 4) is 5.75 Å². The van der Waals surface area contributed by atoms with Gasteiger partial charge in [-0.05, 0) is 59.5 Å². The Kier molecular flexibility index (Phi) is 10.1. The molecule has 0 aliphatic carbocycles. The zero-order chi connectivity index (χ0) is 25.2. The Hall–Kier alpha value is -2.52. The third-order valence-corrected chi connectivity index (χ3v) is 7.88. The number of amides is 1. The molecule has 1 saturated heterocycles. The maximum Gasteiger partial charge on any atom is 0.407 e. The maximum absolute atomic E-state index is 11.6. The minimum Gasteiger partial charge on any atom is -0.494 e. The second kappa shape index (κ2) is 13.7. The summed E-state index contributed by atoms with van der Waals surface area (Å²) in [5.74, 6) is 0.956. The van der Waals surface area contributed by atoms with Crippen LogP contribution in [0.25, 0.3) is 0 Å². The van der Waals surface area contributed by atoms with Crippen LogP contribution in [-0.2, 0) is 22.7 Å². The van der Waals surface area contributed by atoms with Gasteiger partial charge in [-0.3, -0.25) is 0 Å². The largest absolute Gasteiger partial charge is 0.494 e. The summed E-state index contributed by atoms with van der Waals surface area (Å²) in [5, 5.41) is 11.6. The topological polar surface area (TPSA) is 68.2 Å². The van der Waals surface area contributed by atoms with Crippen LogP contribution >= 0.6 is 23.1 Å². The molecule has 0 bridgehead atoms. The summed E-state index contributed by atoms with van der Waals surface area (Å²) in [6.45, 7) is 3.25. The molecule has 2 unspecified atom stereocenters. The average Bonchev–Trinajstić information content (AvgIpc) is 3.43. The third kappa shape index (κ3) is 7.74. The second-order valence-electron chi connectivity index (χ2n) is 8.72. The van der Waals surface area contributed by atoms with E-state index in [1.165, 1.54) is 14.7 Å². The van der Waals surface area contributed by atoms with Gasteiger partial charge in [0, 0.05) is 28.7 Å². The Morgan fingerprint density at radius 1 is 1.08 bits per heavy atom. The molecule has 1 aromatic heterocycles. The van der Waals surface area contributed by atoms with Gasteiger partial charge in [0.15, 0.2) is 0 Å². The highest BCUT2D eigenvalue weighted by atomic mass is 32.2. The summed E-state index contributed by atoms with van der Waals surface area (Å²) in [7, 11) is 0. The highest BCUT2D eigenvalue weighted by Crippen LogP contribution is 2.32. The van der Waals surface area contributed by atoms with Gasteiger partial charge in [-0.1, -0.05) is 30.3 Å². The average molecular weight is 528 g/mol. The van der Waals surface area contributed by atoms with Crippen LogP contribution < -0.4 is 4.74 Å². The zero-order valence-corrected chi connectivity index (χ0v) is 22.1. The quantitative estimate of drug-likeness (QED) is 0.214. The number of ether oxygens (including phenoxy) is 3. The number of piperidine rings is 1. The molecule has 36 heavy (non-hydrogen) atoms. The molecule has 0 saturated carbocycles. The number of carbonyl (C=O) groups is 1. The van der Waals surface area contributed by atoms with Crippen LogP contribution in [0.5, 0.6) is 5.75 Å². The van der Waals surface area contributed by atoms with Gasteiger partial charge in [0.25, 0.3) is 0 Å². The van der Waals surface area contributed by atoms with Crippen LogP contribution in [-0.4, -0.2) is 54.8 Å². The molecule has 6 nitrogen and oxygen atoms in total. The molecule has 1 fully saturated rings. The molecule has 4 rings (SSSR count). The van der Waals surface area contributed by atoms with Crippen molar-refractivity contribution < 1.29 is 24.1 Å². The van der Waals surface area contributed by atoms with Gasteiger partial charge < -0.3 is 24.2 Å². The van der Waals surface area contributed by atoms with E-state index in [1.807, 2.05) is 18.2 Å². The third-order valence-electron chi connectivity index (χ3n) is 6.29. The van der Waals surface area contributed by atoms with Gasteiger partial charge in [0.05, 0.1) is 39.1 Å². The molecule has 0 radical (unpaired) electrons. The molecule has 0 spiro atoms. The molecule has 192 valence electrons. The first-order valence-electron chi connectivity index (χ1n) is 12.2. The van der Waals surface area contributed by atoms with Crippen molar-refractivity contribution in [1.82, 2.24) is 4.90 Å². The van der Waals surface area contributed by atoms with Crippen LogP contribution in [0.4, 0.5) is 4.79 Å². The summed E-state index contributed by atoms with van der Waals surface area (Å²) in [5.41, 5.74) is 2.23. The van der Waals surface area contributed by atoms with Crippen LogP contribution in [0.3, 0.4) is 0 Å². The zero-order valence-electron chi connectivity index (χ0n) is 20.5. The van der Waals surface area contributed by atoms with Gasteiger partial charge in [0.2, 0.25) is 0 Å². The monoisotopic (exact) mass is 527 g/mol. The number of carboxylic acid groups (broad SMARTS) is 1. The predicted octanol–water partition coefficient (Wildman–Crippen LogP) is 6.51.